The van der Waals surface area contributed by atoms with Gasteiger partial charge in [-0.2, -0.15) is 0 Å². The molecule has 4 heteroatoms. The van der Waals surface area contributed by atoms with Crippen LogP contribution >= 0.6 is 11.3 Å². The van der Waals surface area contributed by atoms with Gasteiger partial charge in [0, 0.05) is 4.88 Å². The molecular formula is C5H6BO2S. The fourth-order valence-corrected chi connectivity index (χ4v) is 1.18. The highest BCUT2D eigenvalue weighted by molar-refractivity contribution is 7.10. The summed E-state index contributed by atoms with van der Waals surface area (Å²) in [5.74, 6) is 0.725. The number of rotatable bonds is 2. The van der Waals surface area contributed by atoms with Gasteiger partial charge in [-0.3, -0.25) is 0 Å². The minimum absolute atomic E-state index is 0.690. The normalized spacial score (nSPS) is 9.11. The Morgan fingerprint density at radius 3 is 3.00 bits per heavy atom. The summed E-state index contributed by atoms with van der Waals surface area (Å²) in [6.07, 6.45) is 0. The molecule has 1 aromatic heterocycles. The molecule has 0 fully saturated rings. The summed E-state index contributed by atoms with van der Waals surface area (Å²) < 4.78 is 4.72. The fourth-order valence-electron chi connectivity index (χ4n) is 0.552. The van der Waals surface area contributed by atoms with Crippen LogP contribution in [0.4, 0.5) is 0 Å². The van der Waals surface area contributed by atoms with E-state index in [-0.39, 0.29) is 0 Å². The van der Waals surface area contributed by atoms with E-state index in [2.05, 4.69) is 0 Å². The van der Waals surface area contributed by atoms with Crippen LogP contribution in [0.15, 0.2) is 11.4 Å². The molecule has 1 aromatic rings. The lowest BCUT2D eigenvalue weighted by molar-refractivity contribution is 0.453. The van der Waals surface area contributed by atoms with E-state index in [4.69, 9.17) is 9.68 Å². The van der Waals surface area contributed by atoms with Crippen LogP contribution in [-0.2, 0) is 0 Å². The Morgan fingerprint density at radius 2 is 2.56 bits per heavy atom. The van der Waals surface area contributed by atoms with Gasteiger partial charge in [-0.25, -0.2) is 0 Å². The van der Waals surface area contributed by atoms with Gasteiger partial charge in [-0.05, 0) is 18.4 Å². The summed E-state index contributed by atoms with van der Waals surface area (Å²) in [5, 5.41) is 10.1. The van der Waals surface area contributed by atoms with Gasteiger partial charge < -0.3 is 9.68 Å². The van der Waals surface area contributed by atoms with Crippen molar-refractivity contribution in [2.75, 3.05) is 0 Å². The summed E-state index contributed by atoms with van der Waals surface area (Å²) in [6.45, 7) is 1.93. The molecular weight excluding hydrogens is 135 g/mol. The molecule has 0 saturated heterocycles. The van der Waals surface area contributed by atoms with E-state index in [9.17, 15) is 0 Å². The Hall–Kier alpha value is -0.475. The largest absolute Gasteiger partial charge is 0.569 e. The summed E-state index contributed by atoms with van der Waals surface area (Å²) >= 11 is 1.59. The molecule has 0 aromatic carbocycles. The molecule has 0 spiro atoms. The molecule has 0 unspecified atom stereocenters. The molecule has 0 bridgehead atoms. The average molecular weight is 141 g/mol. The second-order valence-electron chi connectivity index (χ2n) is 1.56. The molecule has 0 aliphatic heterocycles. The van der Waals surface area contributed by atoms with Crippen LogP contribution in [-0.4, -0.2) is 12.7 Å². The van der Waals surface area contributed by atoms with Gasteiger partial charge in [0.05, 0.1) is 0 Å². The Kier molecular flexibility index (Phi) is 2.13. The number of aryl methyl sites for hydroxylation is 1. The topological polar surface area (TPSA) is 29.5 Å². The Bertz CT molecular complexity index is 187. The minimum atomic E-state index is 0.690. The quantitative estimate of drug-likeness (QED) is 0.621. The zero-order chi connectivity index (χ0) is 6.69. The summed E-state index contributed by atoms with van der Waals surface area (Å²) in [6, 6.07) is 1.81. The van der Waals surface area contributed by atoms with Crippen LogP contribution in [0, 0.1) is 6.92 Å². The van der Waals surface area contributed by atoms with Crippen molar-refractivity contribution in [1.82, 2.24) is 0 Å². The zero-order valence-electron chi connectivity index (χ0n) is 5.00. The number of thiophene rings is 1. The second-order valence-corrected chi connectivity index (χ2v) is 2.68. The molecule has 1 heterocycles. The first-order valence-corrected chi connectivity index (χ1v) is 3.39. The maximum absolute atomic E-state index is 8.22. The third-order valence-electron chi connectivity index (χ3n) is 0.991. The first kappa shape index (κ1) is 6.64. The van der Waals surface area contributed by atoms with Crippen molar-refractivity contribution in [2.24, 2.45) is 0 Å². The molecule has 0 aliphatic rings. The van der Waals surface area contributed by atoms with Gasteiger partial charge in [0.1, 0.15) is 5.75 Å². The van der Waals surface area contributed by atoms with Crippen LogP contribution in [0.3, 0.4) is 0 Å². The van der Waals surface area contributed by atoms with Crippen LogP contribution < -0.4 is 4.65 Å². The fraction of sp³-hybridized carbons (Fsp3) is 0.200. The third kappa shape index (κ3) is 1.46. The van der Waals surface area contributed by atoms with Crippen molar-refractivity contribution in [2.45, 2.75) is 6.92 Å². The van der Waals surface area contributed by atoms with E-state index in [1.807, 2.05) is 18.4 Å². The Balaban J connectivity index is 2.69. The van der Waals surface area contributed by atoms with E-state index in [1.165, 1.54) is 0 Å². The maximum Gasteiger partial charge on any atom is 0.569 e. The van der Waals surface area contributed by atoms with E-state index in [1.54, 1.807) is 11.3 Å². The van der Waals surface area contributed by atoms with Crippen molar-refractivity contribution in [3.8, 4) is 5.75 Å². The Morgan fingerprint density at radius 1 is 1.78 bits per heavy atom. The van der Waals surface area contributed by atoms with Gasteiger partial charge in [0.2, 0.25) is 0 Å². The monoisotopic (exact) mass is 141 g/mol. The summed E-state index contributed by atoms with van der Waals surface area (Å²) in [5.41, 5.74) is 0. The molecule has 47 valence electrons. The van der Waals surface area contributed by atoms with E-state index < -0.39 is 0 Å². The van der Waals surface area contributed by atoms with Crippen molar-refractivity contribution in [3.63, 3.8) is 0 Å². The molecule has 1 radical (unpaired) electrons. The summed E-state index contributed by atoms with van der Waals surface area (Å²) in [7, 11) is 0.690. The van der Waals surface area contributed by atoms with Crippen LogP contribution in [0.1, 0.15) is 4.88 Å². The number of hydrogen-bond acceptors (Lipinski definition) is 3. The first-order chi connectivity index (χ1) is 4.34. The third-order valence-corrected chi connectivity index (χ3v) is 1.82. The van der Waals surface area contributed by atoms with Crippen LogP contribution in [0.2, 0.25) is 0 Å². The molecule has 0 saturated carbocycles. The van der Waals surface area contributed by atoms with Gasteiger partial charge in [-0.15, -0.1) is 11.3 Å². The lowest BCUT2D eigenvalue weighted by Gasteiger charge is -1.96. The predicted molar refractivity (Wildman–Crippen MR) is 37.7 cm³/mol. The van der Waals surface area contributed by atoms with Crippen LogP contribution in [0.25, 0.3) is 0 Å². The van der Waals surface area contributed by atoms with Crippen LogP contribution in [0.5, 0.6) is 5.75 Å². The van der Waals surface area contributed by atoms with Crippen molar-refractivity contribution >= 4 is 19.0 Å². The molecule has 0 aliphatic carbocycles. The second kappa shape index (κ2) is 2.89. The lowest BCUT2D eigenvalue weighted by Crippen LogP contribution is -1.98. The molecule has 0 amide bonds. The standard InChI is InChI=1S/C5H6BO2S/c1-4-5(8-6-7)2-3-9-4/h2-3,7H,1H3. The van der Waals surface area contributed by atoms with Gasteiger partial charge in [0.25, 0.3) is 0 Å². The molecule has 2 nitrogen and oxygen atoms in total. The van der Waals surface area contributed by atoms with E-state index in [0.29, 0.717) is 7.69 Å². The van der Waals surface area contributed by atoms with Gasteiger partial charge in [-0.1, -0.05) is 0 Å². The van der Waals surface area contributed by atoms with Gasteiger partial charge >= 0.3 is 7.69 Å². The predicted octanol–water partition coefficient (Wildman–Crippen LogP) is 0.962. The average Bonchev–Trinajstić information content (AvgIpc) is 2.18. The maximum atomic E-state index is 8.22. The number of hydrogen-bond donors (Lipinski definition) is 1. The zero-order valence-corrected chi connectivity index (χ0v) is 5.81. The molecule has 1 rings (SSSR count). The molecule has 0 atom stereocenters. The summed E-state index contributed by atoms with van der Waals surface area (Å²) in [4.78, 5) is 1.07. The smallest absolute Gasteiger partial charge is 0.537 e. The van der Waals surface area contributed by atoms with E-state index in [0.717, 1.165) is 10.6 Å². The van der Waals surface area contributed by atoms with Crippen molar-refractivity contribution < 1.29 is 9.68 Å². The van der Waals surface area contributed by atoms with Gasteiger partial charge in [0.15, 0.2) is 0 Å². The molecule has 1 N–H and O–H groups in total. The highest BCUT2D eigenvalue weighted by Crippen LogP contribution is 2.22. The highest BCUT2D eigenvalue weighted by Gasteiger charge is 1.98. The van der Waals surface area contributed by atoms with Crippen molar-refractivity contribution in [3.05, 3.63) is 16.3 Å². The first-order valence-electron chi connectivity index (χ1n) is 2.51. The molecule has 9 heavy (non-hydrogen) atoms. The Labute approximate surface area is 58.4 Å². The lowest BCUT2D eigenvalue weighted by atomic mass is 10.4. The SMILES string of the molecule is Cc1sccc1O[B]O. The van der Waals surface area contributed by atoms with Crippen molar-refractivity contribution in [1.29, 1.82) is 0 Å². The highest BCUT2D eigenvalue weighted by atomic mass is 32.1. The minimum Gasteiger partial charge on any atom is -0.537 e. The van der Waals surface area contributed by atoms with E-state index >= 15 is 0 Å².